The van der Waals surface area contributed by atoms with E-state index in [1.54, 1.807) is 12.1 Å². The van der Waals surface area contributed by atoms with Crippen molar-refractivity contribution in [1.29, 1.82) is 0 Å². The summed E-state index contributed by atoms with van der Waals surface area (Å²) >= 11 is 0. The number of carbonyl (C=O) groups is 1. The highest BCUT2D eigenvalue weighted by Gasteiger charge is 2.25. The van der Waals surface area contributed by atoms with Crippen LogP contribution in [0.4, 0.5) is 16.0 Å². The molecule has 0 bridgehead atoms. The van der Waals surface area contributed by atoms with Gasteiger partial charge in [0.2, 0.25) is 0 Å². The number of benzene rings is 1. The number of nitrogens with zero attached hydrogens (tertiary/aromatic N) is 3. The molecule has 1 aromatic heterocycles. The number of anilines is 2. The summed E-state index contributed by atoms with van der Waals surface area (Å²) in [5.74, 6) is 1.89. The zero-order chi connectivity index (χ0) is 29.1. The molecule has 38 heavy (non-hydrogen) atoms. The van der Waals surface area contributed by atoms with E-state index in [-0.39, 0.29) is 12.1 Å². The van der Waals surface area contributed by atoms with Crippen LogP contribution in [-0.2, 0) is 16.0 Å². The molecule has 2 aromatic rings. The van der Waals surface area contributed by atoms with Gasteiger partial charge >= 0.3 is 6.15 Å². The highest BCUT2D eigenvalue weighted by atomic mass is 19.1. The average Bonchev–Trinajstić information content (AvgIpc) is 3.74. The zero-order valence-electron chi connectivity index (χ0n) is 24.0. The van der Waals surface area contributed by atoms with Crippen molar-refractivity contribution in [2.75, 3.05) is 44.2 Å². The number of aromatic nitrogens is 1. The number of halogens is 1. The smallest absolute Gasteiger partial charge is 0.363 e. The second-order valence-electron chi connectivity index (χ2n) is 9.17. The molecule has 9 heteroatoms. The van der Waals surface area contributed by atoms with Crippen LogP contribution >= 0.6 is 0 Å². The minimum absolute atomic E-state index is 0.250. The van der Waals surface area contributed by atoms with Gasteiger partial charge in [-0.05, 0) is 42.9 Å². The molecule has 2 atom stereocenters. The Morgan fingerprint density at radius 1 is 1.11 bits per heavy atom. The molecule has 1 aliphatic rings. The van der Waals surface area contributed by atoms with Crippen molar-refractivity contribution in [3.63, 3.8) is 0 Å². The summed E-state index contributed by atoms with van der Waals surface area (Å²) in [5, 5.41) is 2.95. The van der Waals surface area contributed by atoms with Crippen molar-refractivity contribution < 1.29 is 18.8 Å². The van der Waals surface area contributed by atoms with E-state index < -0.39 is 18.8 Å². The van der Waals surface area contributed by atoms with Crippen LogP contribution in [0.2, 0.25) is 0 Å². The van der Waals surface area contributed by atoms with Gasteiger partial charge in [-0.3, -0.25) is 4.79 Å². The Bertz CT molecular complexity index is 948. The second kappa shape index (κ2) is 19.8. The lowest BCUT2D eigenvalue weighted by Crippen LogP contribution is -2.50. The van der Waals surface area contributed by atoms with E-state index >= 15 is 0 Å². The number of nitrogens with one attached hydrogen (secondary N) is 1. The molecule has 1 aliphatic carbocycles. The zero-order valence-corrected chi connectivity index (χ0v) is 24.0. The lowest BCUT2D eigenvalue weighted by molar-refractivity contribution is -0.191. The highest BCUT2D eigenvalue weighted by Crippen LogP contribution is 2.31. The molecule has 0 radical (unpaired) electrons. The van der Waals surface area contributed by atoms with Gasteiger partial charge in [0.05, 0.1) is 12.1 Å². The number of alkyl halides is 1. The molecule has 1 heterocycles. The Balaban J connectivity index is 0.00000153. The molecule has 3 N–H and O–H groups in total. The molecule has 3 rings (SSSR count). The molecule has 212 valence electrons. The number of carbonyl (C=O) groups excluding carboxylic acids is 3. The van der Waals surface area contributed by atoms with E-state index in [9.17, 15) is 9.18 Å². The fourth-order valence-electron chi connectivity index (χ4n) is 3.38. The van der Waals surface area contributed by atoms with Crippen LogP contribution in [0, 0.1) is 5.92 Å². The minimum Gasteiger partial charge on any atom is -0.363 e. The lowest BCUT2D eigenvalue weighted by Gasteiger charge is -2.25. The van der Waals surface area contributed by atoms with Crippen molar-refractivity contribution in [1.82, 2.24) is 10.3 Å². The highest BCUT2D eigenvalue weighted by molar-refractivity contribution is 5.96. The first kappa shape index (κ1) is 34.7. The molecule has 0 aliphatic heterocycles. The second-order valence-corrected chi connectivity index (χ2v) is 9.17. The predicted octanol–water partition coefficient (Wildman–Crippen LogP) is 4.49. The Morgan fingerprint density at radius 3 is 2.11 bits per heavy atom. The molecule has 1 amide bonds. The fraction of sp³-hybridized carbons (Fsp3) is 0.552. The largest absolute Gasteiger partial charge is 0.373 e. The summed E-state index contributed by atoms with van der Waals surface area (Å²) in [7, 11) is 5.79. The van der Waals surface area contributed by atoms with Crippen molar-refractivity contribution in [2.24, 2.45) is 11.7 Å². The number of hydrogen-bond donors (Lipinski definition) is 2. The van der Waals surface area contributed by atoms with Gasteiger partial charge in [-0.25, -0.2) is 9.37 Å². The maximum Gasteiger partial charge on any atom is 0.373 e. The van der Waals surface area contributed by atoms with E-state index in [1.165, 1.54) is 19.3 Å². The molecule has 1 aromatic carbocycles. The first-order valence-electron chi connectivity index (χ1n) is 13.3. The fourth-order valence-corrected chi connectivity index (χ4v) is 3.38. The SMILES string of the molecule is CC.CCC.CN(C)c1cc(C(=O)N[C@@H](Cc2ccccc2)C(N)CF)cc(N(C)CC2CC2)n1.O=C=O. The van der Waals surface area contributed by atoms with Crippen molar-refractivity contribution in [3.8, 4) is 0 Å². The maximum atomic E-state index is 13.4. The molecule has 1 unspecified atom stereocenters. The van der Waals surface area contributed by atoms with Crippen LogP contribution in [0.3, 0.4) is 0 Å². The van der Waals surface area contributed by atoms with Gasteiger partial charge in [0, 0.05) is 33.3 Å². The maximum absolute atomic E-state index is 13.4. The van der Waals surface area contributed by atoms with Gasteiger partial charge in [0.25, 0.3) is 5.91 Å². The molecular formula is C29H46FN5O3. The summed E-state index contributed by atoms with van der Waals surface area (Å²) in [6.07, 6.45) is 4.46. The third-order valence-corrected chi connectivity index (χ3v) is 5.45. The van der Waals surface area contributed by atoms with Gasteiger partial charge < -0.3 is 20.9 Å². The summed E-state index contributed by atoms with van der Waals surface area (Å²) in [4.78, 5) is 38.0. The Labute approximate surface area is 227 Å². The number of pyridine rings is 1. The summed E-state index contributed by atoms with van der Waals surface area (Å²) in [6.45, 7) is 8.47. The van der Waals surface area contributed by atoms with E-state index in [0.29, 0.717) is 23.7 Å². The van der Waals surface area contributed by atoms with Gasteiger partial charge in [-0.15, -0.1) is 0 Å². The Morgan fingerprint density at radius 2 is 1.63 bits per heavy atom. The molecule has 8 nitrogen and oxygen atoms in total. The van der Waals surface area contributed by atoms with Crippen molar-refractivity contribution in [2.45, 2.75) is 65.5 Å². The van der Waals surface area contributed by atoms with Crippen LogP contribution in [0.25, 0.3) is 0 Å². The Kier molecular flexibility index (Phi) is 18.1. The predicted molar refractivity (Wildman–Crippen MR) is 152 cm³/mol. The molecule has 1 saturated carbocycles. The Hall–Kier alpha value is -3.29. The summed E-state index contributed by atoms with van der Waals surface area (Å²) in [6, 6.07) is 11.9. The number of hydrogen-bond acceptors (Lipinski definition) is 7. The van der Waals surface area contributed by atoms with Gasteiger partial charge in [0.1, 0.15) is 18.3 Å². The molecule has 0 spiro atoms. The van der Waals surface area contributed by atoms with Crippen LogP contribution < -0.4 is 20.9 Å². The minimum atomic E-state index is -0.777. The topological polar surface area (TPSA) is 109 Å². The van der Waals surface area contributed by atoms with Gasteiger partial charge in [-0.2, -0.15) is 9.59 Å². The monoisotopic (exact) mass is 531 g/mol. The van der Waals surface area contributed by atoms with E-state index in [1.807, 2.05) is 70.2 Å². The number of amides is 1. The van der Waals surface area contributed by atoms with E-state index in [4.69, 9.17) is 15.3 Å². The summed E-state index contributed by atoms with van der Waals surface area (Å²) in [5.41, 5.74) is 7.49. The van der Waals surface area contributed by atoms with Gasteiger partial charge in [-0.1, -0.05) is 64.4 Å². The third-order valence-electron chi connectivity index (χ3n) is 5.45. The number of rotatable bonds is 10. The summed E-state index contributed by atoms with van der Waals surface area (Å²) < 4.78 is 13.4. The average molecular weight is 532 g/mol. The van der Waals surface area contributed by atoms with E-state index in [2.05, 4.69) is 29.0 Å². The van der Waals surface area contributed by atoms with Gasteiger partial charge in [0.15, 0.2) is 0 Å². The molecule has 0 saturated heterocycles. The third kappa shape index (κ3) is 13.3. The molecule has 1 fully saturated rings. The molecular weight excluding hydrogens is 485 g/mol. The van der Waals surface area contributed by atoms with Crippen LogP contribution in [0.5, 0.6) is 0 Å². The lowest BCUT2D eigenvalue weighted by atomic mass is 10.00. The van der Waals surface area contributed by atoms with Crippen molar-refractivity contribution >= 4 is 23.7 Å². The van der Waals surface area contributed by atoms with Crippen molar-refractivity contribution in [3.05, 3.63) is 53.6 Å². The van der Waals surface area contributed by atoms with E-state index in [0.717, 1.165) is 17.9 Å². The number of nitrogens with two attached hydrogens (primary N) is 1. The van der Waals surface area contributed by atoms with Crippen LogP contribution in [-0.4, -0.2) is 63.5 Å². The van der Waals surface area contributed by atoms with Crippen LogP contribution in [0.15, 0.2) is 42.5 Å². The standard InChI is InChI=1S/C23H32FN5O.C3H8.C2H6.CO2/c1-28(2)21-12-18(13-22(27-21)29(3)15-17-9-10-17)23(30)26-20(19(25)14-24)11-16-7-5-4-6-8-16;1-3-2;1-2;2-1-3/h4-8,12-13,17,19-20H,9-11,14-15,25H2,1-3H3,(H,26,30);3H2,1-2H3;1-2H3;/t19?,20-;;;/m0.../s1. The first-order chi connectivity index (χ1) is 18.2. The normalized spacial score (nSPS) is 13.0. The van der Waals surface area contributed by atoms with Crippen LogP contribution in [0.1, 0.15) is 62.9 Å². The quantitative estimate of drug-likeness (QED) is 0.465. The first-order valence-corrected chi connectivity index (χ1v) is 13.3.